The van der Waals surface area contributed by atoms with Gasteiger partial charge in [-0.1, -0.05) is 17.7 Å². The first-order chi connectivity index (χ1) is 11.9. The van der Waals surface area contributed by atoms with Crippen molar-refractivity contribution in [1.82, 2.24) is 4.98 Å². The molecule has 0 aliphatic rings. The molecule has 7 heteroatoms. The van der Waals surface area contributed by atoms with Gasteiger partial charge in [-0.15, -0.1) is 11.3 Å². The van der Waals surface area contributed by atoms with E-state index in [2.05, 4.69) is 10.3 Å². The van der Waals surface area contributed by atoms with Crippen molar-refractivity contribution < 1.29 is 13.6 Å². The number of hydrogen-bond acceptors (Lipinski definition) is 3. The molecule has 3 nitrogen and oxygen atoms in total. The van der Waals surface area contributed by atoms with E-state index >= 15 is 0 Å². The fourth-order valence-electron chi connectivity index (χ4n) is 2.36. The lowest BCUT2D eigenvalue weighted by Gasteiger charge is -2.07. The number of carbonyl (C=O) groups excluding carboxylic acids is 1. The van der Waals surface area contributed by atoms with Crippen molar-refractivity contribution in [3.05, 3.63) is 69.0 Å². The number of rotatable bonds is 4. The van der Waals surface area contributed by atoms with E-state index < -0.39 is 5.82 Å². The highest BCUT2D eigenvalue weighted by atomic mass is 35.5. The molecule has 128 valence electrons. The second-order valence-electron chi connectivity index (χ2n) is 5.34. The smallest absolute Gasteiger partial charge is 0.229 e. The van der Waals surface area contributed by atoms with Crippen LogP contribution in [0.3, 0.4) is 0 Å². The molecule has 0 unspecified atom stereocenters. The molecule has 25 heavy (non-hydrogen) atoms. The lowest BCUT2D eigenvalue weighted by atomic mass is 10.1. The van der Waals surface area contributed by atoms with Crippen molar-refractivity contribution in [2.75, 3.05) is 5.32 Å². The molecule has 0 aliphatic carbocycles. The van der Waals surface area contributed by atoms with Crippen LogP contribution < -0.4 is 5.32 Å². The molecular weight excluding hydrogens is 366 g/mol. The van der Waals surface area contributed by atoms with Gasteiger partial charge in [0.25, 0.3) is 0 Å². The topological polar surface area (TPSA) is 42.0 Å². The van der Waals surface area contributed by atoms with E-state index in [-0.39, 0.29) is 28.9 Å². The standard InChI is InChI=1S/C18H13ClF2N2OS/c1-10-22-18(11-5-7-12(20)8-6-11)15(25-10)9-16(24)23-14-4-2-3-13(19)17(14)21/h2-8H,9H2,1H3,(H,23,24). The number of amides is 1. The minimum absolute atomic E-state index is 0.0297. The average Bonchev–Trinajstić information content (AvgIpc) is 2.93. The van der Waals surface area contributed by atoms with Crippen LogP contribution in [0, 0.1) is 18.6 Å². The Kier molecular flexibility index (Phi) is 5.11. The number of halogens is 3. The van der Waals surface area contributed by atoms with Crippen LogP contribution in [0.15, 0.2) is 42.5 Å². The third kappa shape index (κ3) is 4.03. The second kappa shape index (κ2) is 7.29. The summed E-state index contributed by atoms with van der Waals surface area (Å²) in [5.74, 6) is -1.39. The van der Waals surface area contributed by atoms with Crippen LogP contribution in [0.4, 0.5) is 14.5 Å². The SMILES string of the molecule is Cc1nc(-c2ccc(F)cc2)c(CC(=O)Nc2cccc(Cl)c2F)s1. The van der Waals surface area contributed by atoms with E-state index in [1.165, 1.54) is 35.6 Å². The largest absolute Gasteiger partial charge is 0.323 e. The Labute approximate surface area is 152 Å². The number of anilines is 1. The maximum absolute atomic E-state index is 13.9. The molecule has 3 rings (SSSR count). The van der Waals surface area contributed by atoms with Crippen LogP contribution in [0.1, 0.15) is 9.88 Å². The fourth-order valence-corrected chi connectivity index (χ4v) is 3.49. The number of hydrogen-bond donors (Lipinski definition) is 1. The van der Waals surface area contributed by atoms with Crippen LogP contribution >= 0.6 is 22.9 Å². The van der Waals surface area contributed by atoms with Gasteiger partial charge in [-0.05, 0) is 43.3 Å². The van der Waals surface area contributed by atoms with Gasteiger partial charge < -0.3 is 5.32 Å². The van der Waals surface area contributed by atoms with Gasteiger partial charge >= 0.3 is 0 Å². The summed E-state index contributed by atoms with van der Waals surface area (Å²) in [6, 6.07) is 10.3. The van der Waals surface area contributed by atoms with Gasteiger partial charge in [-0.25, -0.2) is 13.8 Å². The van der Waals surface area contributed by atoms with E-state index in [1.54, 1.807) is 18.2 Å². The number of aromatic nitrogens is 1. The summed E-state index contributed by atoms with van der Waals surface area (Å²) >= 11 is 7.09. The Morgan fingerprint density at radius 3 is 2.64 bits per heavy atom. The van der Waals surface area contributed by atoms with E-state index in [0.29, 0.717) is 5.69 Å². The Morgan fingerprint density at radius 2 is 1.92 bits per heavy atom. The Hall–Kier alpha value is -2.31. The summed E-state index contributed by atoms with van der Waals surface area (Å²) in [6.45, 7) is 1.83. The highest BCUT2D eigenvalue weighted by molar-refractivity contribution is 7.12. The summed E-state index contributed by atoms with van der Waals surface area (Å²) in [5, 5.41) is 3.25. The maximum atomic E-state index is 13.9. The summed E-state index contributed by atoms with van der Waals surface area (Å²) in [7, 11) is 0. The van der Waals surface area contributed by atoms with Crippen LogP contribution in [0.2, 0.25) is 5.02 Å². The first kappa shape index (κ1) is 17.5. The van der Waals surface area contributed by atoms with E-state index in [1.807, 2.05) is 6.92 Å². The molecule has 3 aromatic rings. The minimum atomic E-state index is -0.670. The van der Waals surface area contributed by atoms with Crippen molar-refractivity contribution in [2.45, 2.75) is 13.3 Å². The monoisotopic (exact) mass is 378 g/mol. The summed E-state index contributed by atoms with van der Waals surface area (Å²) in [4.78, 5) is 17.4. The average molecular weight is 379 g/mol. The van der Waals surface area contributed by atoms with Crippen LogP contribution in [-0.4, -0.2) is 10.9 Å². The van der Waals surface area contributed by atoms with Crippen LogP contribution in [0.25, 0.3) is 11.3 Å². The highest BCUT2D eigenvalue weighted by Gasteiger charge is 2.16. The van der Waals surface area contributed by atoms with Gasteiger partial charge in [0.05, 0.1) is 27.8 Å². The number of aryl methyl sites for hydroxylation is 1. The first-order valence-electron chi connectivity index (χ1n) is 7.40. The maximum Gasteiger partial charge on any atom is 0.229 e. The molecule has 1 heterocycles. The van der Waals surface area contributed by atoms with Gasteiger partial charge in [0.15, 0.2) is 5.82 Å². The predicted octanol–water partition coefficient (Wildman–Crippen LogP) is 5.23. The Balaban J connectivity index is 1.82. The molecule has 0 spiro atoms. The van der Waals surface area contributed by atoms with Crippen LogP contribution in [0.5, 0.6) is 0 Å². The van der Waals surface area contributed by atoms with Crippen molar-refractivity contribution in [1.29, 1.82) is 0 Å². The van der Waals surface area contributed by atoms with E-state index in [4.69, 9.17) is 11.6 Å². The zero-order valence-corrected chi connectivity index (χ0v) is 14.7. The number of thiazole rings is 1. The third-order valence-corrected chi connectivity index (χ3v) is 4.73. The first-order valence-corrected chi connectivity index (χ1v) is 8.59. The Morgan fingerprint density at radius 1 is 1.20 bits per heavy atom. The molecule has 0 fully saturated rings. The summed E-state index contributed by atoms with van der Waals surface area (Å²) in [6.07, 6.45) is 0.0319. The molecule has 0 radical (unpaired) electrons. The predicted molar refractivity (Wildman–Crippen MR) is 96.0 cm³/mol. The molecule has 2 aromatic carbocycles. The molecule has 1 amide bonds. The molecule has 1 N–H and O–H groups in total. The lowest BCUT2D eigenvalue weighted by Crippen LogP contribution is -2.15. The van der Waals surface area contributed by atoms with E-state index in [0.717, 1.165) is 15.4 Å². The number of nitrogens with zero attached hydrogens (tertiary/aromatic N) is 1. The quantitative estimate of drug-likeness (QED) is 0.675. The van der Waals surface area contributed by atoms with Gasteiger partial charge in [0.1, 0.15) is 5.82 Å². The zero-order valence-electron chi connectivity index (χ0n) is 13.1. The van der Waals surface area contributed by atoms with Crippen molar-refractivity contribution in [3.8, 4) is 11.3 Å². The third-order valence-electron chi connectivity index (χ3n) is 3.47. The number of carbonyl (C=O) groups is 1. The summed E-state index contributed by atoms with van der Waals surface area (Å²) < 4.78 is 27.0. The van der Waals surface area contributed by atoms with Gasteiger partial charge in [0, 0.05) is 10.4 Å². The second-order valence-corrected chi connectivity index (χ2v) is 7.03. The summed E-state index contributed by atoms with van der Waals surface area (Å²) in [5.41, 5.74) is 1.38. The lowest BCUT2D eigenvalue weighted by molar-refractivity contribution is -0.115. The normalized spacial score (nSPS) is 10.7. The molecule has 0 atom stereocenters. The molecule has 0 saturated carbocycles. The zero-order chi connectivity index (χ0) is 18.0. The molecule has 0 saturated heterocycles. The van der Waals surface area contributed by atoms with Crippen molar-refractivity contribution in [2.24, 2.45) is 0 Å². The van der Waals surface area contributed by atoms with Gasteiger partial charge in [-0.3, -0.25) is 4.79 Å². The number of nitrogens with one attached hydrogen (secondary N) is 1. The minimum Gasteiger partial charge on any atom is -0.323 e. The van der Waals surface area contributed by atoms with Crippen molar-refractivity contribution >= 4 is 34.5 Å². The highest BCUT2D eigenvalue weighted by Crippen LogP contribution is 2.29. The Bertz CT molecular complexity index is 925. The molecule has 0 aliphatic heterocycles. The van der Waals surface area contributed by atoms with E-state index in [9.17, 15) is 13.6 Å². The van der Waals surface area contributed by atoms with Crippen LogP contribution in [-0.2, 0) is 11.2 Å². The van der Waals surface area contributed by atoms with Gasteiger partial charge in [0.2, 0.25) is 5.91 Å². The molecular formula is C18H13ClF2N2OS. The fraction of sp³-hybridized carbons (Fsp3) is 0.111. The van der Waals surface area contributed by atoms with Gasteiger partial charge in [-0.2, -0.15) is 0 Å². The van der Waals surface area contributed by atoms with Crippen molar-refractivity contribution in [3.63, 3.8) is 0 Å². The molecule has 0 bridgehead atoms. The number of benzene rings is 2. The molecule has 1 aromatic heterocycles.